The van der Waals surface area contributed by atoms with E-state index < -0.39 is 31.0 Å². The topological polar surface area (TPSA) is 122 Å². The molecule has 0 spiro atoms. The number of aromatic nitrogens is 2. The Bertz CT molecular complexity index is 1180. The third-order valence-corrected chi connectivity index (χ3v) is 6.41. The molecule has 3 N–H and O–H groups in total. The number of amides is 1. The van der Waals surface area contributed by atoms with E-state index in [1.807, 2.05) is 6.92 Å². The third kappa shape index (κ3) is 5.46. The highest BCUT2D eigenvalue weighted by molar-refractivity contribution is 7.06. The normalized spacial score (nSPS) is 14.1. The van der Waals surface area contributed by atoms with Gasteiger partial charge in [-0.3, -0.25) is 9.59 Å². The molecule has 2 aromatic heterocycles. The second-order valence-corrected chi connectivity index (χ2v) is 8.96. The average Bonchev–Trinajstić information content (AvgIpc) is 3.58. The van der Waals surface area contributed by atoms with E-state index in [2.05, 4.69) is 14.7 Å². The number of aliphatic hydroxyl groups is 2. The molecule has 1 aromatic carbocycles. The van der Waals surface area contributed by atoms with Crippen LogP contribution in [0.2, 0.25) is 0 Å². The lowest BCUT2D eigenvalue weighted by Gasteiger charge is -2.13. The first-order valence-electron chi connectivity index (χ1n) is 10.9. The van der Waals surface area contributed by atoms with Crippen molar-refractivity contribution in [3.63, 3.8) is 0 Å². The third-order valence-electron chi connectivity index (χ3n) is 5.46. The second kappa shape index (κ2) is 10.4. The zero-order chi connectivity index (χ0) is 24.2. The summed E-state index contributed by atoms with van der Waals surface area (Å²) in [5, 5.41) is 20.5. The Morgan fingerprint density at radius 1 is 1.21 bits per heavy atom. The smallest absolute Gasteiger partial charge is 0.254 e. The van der Waals surface area contributed by atoms with Gasteiger partial charge in [-0.2, -0.15) is 4.37 Å². The number of nitrogens with zero attached hydrogens (tertiary/aromatic N) is 2. The van der Waals surface area contributed by atoms with Gasteiger partial charge in [0.05, 0.1) is 41.6 Å². The van der Waals surface area contributed by atoms with E-state index in [4.69, 9.17) is 14.9 Å². The van der Waals surface area contributed by atoms with Crippen molar-refractivity contribution in [1.82, 2.24) is 14.7 Å². The fourth-order valence-corrected chi connectivity index (χ4v) is 4.02. The summed E-state index contributed by atoms with van der Waals surface area (Å²) in [6.07, 6.45) is 3.04. The minimum absolute atomic E-state index is 0.0732. The number of nitrogens with one attached hydrogen (secondary N) is 1. The van der Waals surface area contributed by atoms with Gasteiger partial charge < -0.3 is 20.3 Å². The van der Waals surface area contributed by atoms with Crippen LogP contribution in [0.15, 0.2) is 42.6 Å². The van der Waals surface area contributed by atoms with Gasteiger partial charge >= 0.3 is 0 Å². The lowest BCUT2D eigenvalue weighted by Crippen LogP contribution is -2.40. The van der Waals surface area contributed by atoms with Crippen molar-refractivity contribution >= 4 is 23.2 Å². The summed E-state index contributed by atoms with van der Waals surface area (Å²) in [5.41, 5.74) is 1.28. The van der Waals surface area contributed by atoms with Crippen molar-refractivity contribution in [3.8, 4) is 17.0 Å². The Hall–Kier alpha value is -3.21. The van der Waals surface area contributed by atoms with Crippen LogP contribution < -0.4 is 10.1 Å². The largest absolute Gasteiger partial charge is 0.484 e. The molecule has 0 saturated heterocycles. The first-order valence-corrected chi connectivity index (χ1v) is 11.6. The van der Waals surface area contributed by atoms with Gasteiger partial charge in [-0.1, -0.05) is 6.07 Å². The van der Waals surface area contributed by atoms with E-state index in [1.54, 1.807) is 24.3 Å². The Morgan fingerprint density at radius 3 is 2.59 bits per heavy atom. The molecule has 0 bridgehead atoms. The minimum Gasteiger partial charge on any atom is -0.484 e. The Labute approximate surface area is 199 Å². The van der Waals surface area contributed by atoms with Crippen LogP contribution in [-0.2, 0) is 0 Å². The van der Waals surface area contributed by atoms with Crippen LogP contribution in [0.25, 0.3) is 11.3 Å². The molecule has 10 heteroatoms. The molecule has 1 atom stereocenters. The van der Waals surface area contributed by atoms with Crippen molar-refractivity contribution < 1.29 is 28.9 Å². The van der Waals surface area contributed by atoms with Crippen LogP contribution in [0.3, 0.4) is 0 Å². The molecular weight excluding hydrogens is 461 g/mol. The molecular formula is C24H24FN3O5S. The number of Topliss-reactive ketones (excluding diaryl/α,β-unsaturated/α-hetero) is 1. The van der Waals surface area contributed by atoms with Gasteiger partial charge in [-0.15, -0.1) is 0 Å². The van der Waals surface area contributed by atoms with Gasteiger partial charge in [0, 0.05) is 11.5 Å². The summed E-state index contributed by atoms with van der Waals surface area (Å²) < 4.78 is 24.9. The lowest BCUT2D eigenvalue weighted by atomic mass is 10.1. The molecule has 1 amide bonds. The highest BCUT2D eigenvalue weighted by Crippen LogP contribution is 2.33. The quantitative estimate of drug-likeness (QED) is 0.377. The maximum atomic E-state index is 14.6. The molecule has 178 valence electrons. The van der Waals surface area contributed by atoms with Crippen LogP contribution in [0.1, 0.15) is 51.6 Å². The summed E-state index contributed by atoms with van der Waals surface area (Å²) in [6.45, 7) is 0.943. The van der Waals surface area contributed by atoms with Gasteiger partial charge in [0.15, 0.2) is 5.78 Å². The van der Waals surface area contributed by atoms with Crippen LogP contribution in [-0.4, -0.2) is 50.5 Å². The van der Waals surface area contributed by atoms with Crippen LogP contribution in [0, 0.1) is 11.7 Å². The maximum absolute atomic E-state index is 14.6. The van der Waals surface area contributed by atoms with Crippen molar-refractivity contribution in [3.05, 3.63) is 64.5 Å². The van der Waals surface area contributed by atoms with E-state index in [-0.39, 0.29) is 23.4 Å². The van der Waals surface area contributed by atoms with E-state index in [0.29, 0.717) is 22.7 Å². The summed E-state index contributed by atoms with van der Waals surface area (Å²) in [4.78, 5) is 29.3. The predicted molar refractivity (Wildman–Crippen MR) is 123 cm³/mol. The summed E-state index contributed by atoms with van der Waals surface area (Å²) in [7, 11) is 0. The van der Waals surface area contributed by atoms with E-state index in [9.17, 15) is 14.0 Å². The minimum atomic E-state index is -0.862. The van der Waals surface area contributed by atoms with Crippen LogP contribution in [0.4, 0.5) is 4.39 Å². The van der Waals surface area contributed by atoms with Gasteiger partial charge in [0.2, 0.25) is 0 Å². The molecule has 34 heavy (non-hydrogen) atoms. The van der Waals surface area contributed by atoms with Gasteiger partial charge in [0.1, 0.15) is 23.4 Å². The number of pyridine rings is 1. The number of rotatable bonds is 10. The first kappa shape index (κ1) is 23.9. The van der Waals surface area contributed by atoms with Gasteiger partial charge in [0.25, 0.3) is 5.91 Å². The number of hydrogen-bond acceptors (Lipinski definition) is 8. The molecule has 0 aliphatic heterocycles. The van der Waals surface area contributed by atoms with E-state index in [0.717, 1.165) is 17.7 Å². The van der Waals surface area contributed by atoms with E-state index in [1.165, 1.54) is 29.9 Å². The highest BCUT2D eigenvalue weighted by atomic mass is 32.1. The monoisotopic (exact) mass is 485 g/mol. The molecule has 1 fully saturated rings. The Kier molecular flexibility index (Phi) is 7.30. The molecule has 1 saturated carbocycles. The molecule has 1 aliphatic rings. The van der Waals surface area contributed by atoms with Crippen molar-refractivity contribution in [2.75, 3.05) is 13.2 Å². The predicted octanol–water partition coefficient (Wildman–Crippen LogP) is 3.16. The molecule has 4 rings (SSSR count). The number of ketones is 1. The average molecular weight is 486 g/mol. The van der Waals surface area contributed by atoms with Gasteiger partial charge in [-0.05, 0) is 61.6 Å². The second-order valence-electron chi connectivity index (χ2n) is 8.12. The number of carbonyl (C=O) groups is 2. The molecule has 1 unspecified atom stereocenters. The zero-order valence-corrected chi connectivity index (χ0v) is 19.2. The van der Waals surface area contributed by atoms with E-state index >= 15 is 0 Å². The first-order chi connectivity index (χ1) is 16.4. The number of hydrogen-bond donors (Lipinski definition) is 3. The number of halogens is 1. The number of carbonyl (C=O) groups excluding carboxylic acids is 2. The Balaban J connectivity index is 1.41. The standard InChI is InChI=1S/C24H24FN3O5S/c1-13(33-17-5-7-20(26-10-17)23(31)14-2-3-14)22-9-21(28-34-22)15-4-6-18(19(25)8-15)24(32)27-16(11-29)12-30/h4-10,13-14,16,29-30H,2-3,11-12H2,1H3,(H,27,32). The molecule has 1 aliphatic carbocycles. The maximum Gasteiger partial charge on any atom is 0.254 e. The fourth-order valence-electron chi connectivity index (χ4n) is 3.30. The van der Waals surface area contributed by atoms with Gasteiger partial charge in [-0.25, -0.2) is 9.37 Å². The number of benzene rings is 1. The van der Waals surface area contributed by atoms with Crippen LogP contribution >= 0.6 is 11.5 Å². The fraction of sp³-hybridized carbons (Fsp3) is 0.333. The molecule has 3 aromatic rings. The number of aliphatic hydroxyl groups excluding tert-OH is 2. The highest BCUT2D eigenvalue weighted by Gasteiger charge is 2.31. The Morgan fingerprint density at radius 2 is 1.97 bits per heavy atom. The summed E-state index contributed by atoms with van der Waals surface area (Å²) in [6, 6.07) is 8.44. The molecule has 8 nitrogen and oxygen atoms in total. The summed E-state index contributed by atoms with van der Waals surface area (Å²) in [5.74, 6) is -0.753. The zero-order valence-electron chi connectivity index (χ0n) is 18.4. The van der Waals surface area contributed by atoms with Crippen molar-refractivity contribution in [2.24, 2.45) is 5.92 Å². The molecule has 0 radical (unpaired) electrons. The summed E-state index contributed by atoms with van der Waals surface area (Å²) >= 11 is 1.22. The van der Waals surface area contributed by atoms with Crippen LogP contribution in [0.5, 0.6) is 5.75 Å². The number of ether oxygens (including phenoxy) is 1. The lowest BCUT2D eigenvalue weighted by molar-refractivity contribution is 0.0875. The SMILES string of the molecule is CC(Oc1ccc(C(=O)C2CC2)nc1)c1cc(-c2ccc(C(=O)NC(CO)CO)c(F)c2)ns1. The molecule has 2 heterocycles. The van der Waals surface area contributed by atoms with Crippen molar-refractivity contribution in [2.45, 2.75) is 31.9 Å². The van der Waals surface area contributed by atoms with Crippen molar-refractivity contribution in [1.29, 1.82) is 0 Å².